The van der Waals surface area contributed by atoms with E-state index < -0.39 is 5.97 Å². The van der Waals surface area contributed by atoms with Crippen LogP contribution in [0.4, 0.5) is 4.79 Å². The third kappa shape index (κ3) is 2.70. The number of carboxylic acids is 1. The van der Waals surface area contributed by atoms with Crippen LogP contribution >= 0.6 is 0 Å². The Kier molecular flexibility index (Phi) is 3.87. The molecule has 1 N–H and O–H groups in total. The van der Waals surface area contributed by atoms with Gasteiger partial charge in [-0.1, -0.05) is 0 Å². The van der Waals surface area contributed by atoms with Crippen LogP contribution in [0.5, 0.6) is 5.88 Å². The van der Waals surface area contributed by atoms with Crippen molar-refractivity contribution in [2.75, 3.05) is 7.11 Å². The first-order valence-corrected chi connectivity index (χ1v) is 7.30. The summed E-state index contributed by atoms with van der Waals surface area (Å²) >= 11 is 0. The van der Waals surface area contributed by atoms with Crippen LogP contribution in [0.25, 0.3) is 0 Å². The number of amides is 1. The van der Waals surface area contributed by atoms with Crippen LogP contribution in [0.15, 0.2) is 18.3 Å². The molecule has 3 heterocycles. The van der Waals surface area contributed by atoms with Gasteiger partial charge in [0.05, 0.1) is 12.7 Å². The molecule has 0 aliphatic carbocycles. The predicted octanol–water partition coefficient (Wildman–Crippen LogP) is 1.92. The van der Waals surface area contributed by atoms with Crippen molar-refractivity contribution < 1.29 is 24.2 Å². The topological polar surface area (TPSA) is 89.0 Å². The van der Waals surface area contributed by atoms with Gasteiger partial charge in [0.15, 0.2) is 0 Å². The molecule has 7 nitrogen and oxygen atoms in total. The average Bonchev–Trinajstić information content (AvgIpc) is 2.78. The Labute approximate surface area is 127 Å². The quantitative estimate of drug-likeness (QED) is 0.917. The molecule has 2 saturated heterocycles. The van der Waals surface area contributed by atoms with Gasteiger partial charge in [-0.15, -0.1) is 0 Å². The van der Waals surface area contributed by atoms with Crippen LogP contribution in [0.1, 0.15) is 36.0 Å². The summed E-state index contributed by atoms with van der Waals surface area (Å²) in [5.41, 5.74) is 0.153. The molecule has 2 fully saturated rings. The second kappa shape index (κ2) is 5.82. The number of hydrogen-bond donors (Lipinski definition) is 1. The fourth-order valence-corrected chi connectivity index (χ4v) is 3.40. The number of nitrogens with zero attached hydrogens (tertiary/aromatic N) is 2. The molecule has 2 bridgehead atoms. The van der Waals surface area contributed by atoms with E-state index in [-0.39, 0.29) is 29.8 Å². The fraction of sp³-hybridized carbons (Fsp3) is 0.533. The number of piperidine rings is 1. The van der Waals surface area contributed by atoms with Gasteiger partial charge in [0.2, 0.25) is 5.88 Å². The number of fused-ring (bicyclic) bond motifs is 2. The summed E-state index contributed by atoms with van der Waals surface area (Å²) in [6.45, 7) is 0. The highest BCUT2D eigenvalue weighted by Crippen LogP contribution is 2.37. The zero-order valence-corrected chi connectivity index (χ0v) is 12.3. The van der Waals surface area contributed by atoms with Gasteiger partial charge >= 0.3 is 12.1 Å². The van der Waals surface area contributed by atoms with E-state index in [0.717, 1.165) is 12.8 Å². The van der Waals surface area contributed by atoms with E-state index >= 15 is 0 Å². The first-order valence-electron chi connectivity index (χ1n) is 7.30. The summed E-state index contributed by atoms with van der Waals surface area (Å²) in [6.07, 6.45) is 4.41. The largest absolute Gasteiger partial charge is 0.478 e. The molecule has 3 rings (SSSR count). The van der Waals surface area contributed by atoms with Crippen molar-refractivity contribution >= 4 is 12.1 Å². The molecular weight excluding hydrogens is 288 g/mol. The van der Waals surface area contributed by atoms with Gasteiger partial charge < -0.3 is 19.5 Å². The highest BCUT2D eigenvalue weighted by molar-refractivity contribution is 5.87. The summed E-state index contributed by atoms with van der Waals surface area (Å²) in [6, 6.07) is 3.10. The minimum absolute atomic E-state index is 0.0602. The molecule has 2 unspecified atom stereocenters. The highest BCUT2D eigenvalue weighted by atomic mass is 16.5. The third-order valence-electron chi connectivity index (χ3n) is 4.34. The Balaban J connectivity index is 1.68. The van der Waals surface area contributed by atoms with Gasteiger partial charge in [0, 0.05) is 37.2 Å². The van der Waals surface area contributed by atoms with Gasteiger partial charge in [-0.25, -0.2) is 14.6 Å². The Morgan fingerprint density at radius 1 is 1.32 bits per heavy atom. The lowest BCUT2D eigenvalue weighted by Crippen LogP contribution is -2.49. The van der Waals surface area contributed by atoms with Crippen LogP contribution < -0.4 is 4.74 Å². The zero-order chi connectivity index (χ0) is 15.7. The number of hydrogen-bond acceptors (Lipinski definition) is 5. The summed E-state index contributed by atoms with van der Waals surface area (Å²) in [5, 5.41) is 8.99. The standard InChI is InChI=1S/C15H18N2O5/c1-21-15(20)17-10-2-3-11(17)8-12(7-10)22-13-6-9(14(18)19)4-5-16-13/h4-6,10-12H,2-3,7-8H2,1H3,(H,18,19). The number of methoxy groups -OCH3 is 1. The van der Waals surface area contributed by atoms with E-state index in [1.165, 1.54) is 25.4 Å². The van der Waals surface area contributed by atoms with Gasteiger partial charge in [-0.3, -0.25) is 0 Å². The zero-order valence-electron chi connectivity index (χ0n) is 12.3. The van der Waals surface area contributed by atoms with Crippen molar-refractivity contribution in [1.29, 1.82) is 0 Å². The number of carboxylic acid groups (broad SMARTS) is 1. The monoisotopic (exact) mass is 306 g/mol. The number of rotatable bonds is 3. The Bertz CT molecular complexity index is 577. The number of carbonyl (C=O) groups excluding carboxylic acids is 1. The molecule has 0 radical (unpaired) electrons. The van der Waals surface area contributed by atoms with E-state index in [9.17, 15) is 9.59 Å². The van der Waals surface area contributed by atoms with Gasteiger partial charge in [-0.2, -0.15) is 0 Å². The maximum atomic E-state index is 11.8. The minimum atomic E-state index is -1.01. The molecule has 1 aromatic rings. The Hall–Kier alpha value is -2.31. The molecule has 1 aromatic heterocycles. The van der Waals surface area contributed by atoms with E-state index in [4.69, 9.17) is 14.6 Å². The van der Waals surface area contributed by atoms with Crippen molar-refractivity contribution in [3.05, 3.63) is 23.9 Å². The Morgan fingerprint density at radius 3 is 2.59 bits per heavy atom. The SMILES string of the molecule is COC(=O)N1C2CCC1CC(Oc1cc(C(=O)O)ccn1)C2. The molecule has 2 aliphatic heterocycles. The van der Waals surface area contributed by atoms with Crippen LogP contribution in [0.3, 0.4) is 0 Å². The molecule has 7 heteroatoms. The molecule has 2 aliphatic rings. The van der Waals surface area contributed by atoms with Gasteiger partial charge in [0.25, 0.3) is 0 Å². The Morgan fingerprint density at radius 2 is 2.00 bits per heavy atom. The van der Waals surface area contributed by atoms with Crippen molar-refractivity contribution in [3.63, 3.8) is 0 Å². The van der Waals surface area contributed by atoms with Crippen LogP contribution in [0, 0.1) is 0 Å². The number of carbonyl (C=O) groups is 2. The number of aromatic nitrogens is 1. The molecule has 2 atom stereocenters. The molecule has 118 valence electrons. The van der Waals surface area contributed by atoms with E-state index in [0.29, 0.717) is 18.7 Å². The normalized spacial score (nSPS) is 26.6. The van der Waals surface area contributed by atoms with E-state index in [1.807, 2.05) is 0 Å². The molecular formula is C15H18N2O5. The molecule has 0 saturated carbocycles. The van der Waals surface area contributed by atoms with Gasteiger partial charge in [0.1, 0.15) is 6.10 Å². The van der Waals surface area contributed by atoms with Crippen molar-refractivity contribution in [2.24, 2.45) is 0 Å². The molecule has 0 aromatic carbocycles. The van der Waals surface area contributed by atoms with Crippen molar-refractivity contribution in [2.45, 2.75) is 43.9 Å². The second-order valence-electron chi connectivity index (χ2n) is 5.66. The number of aromatic carboxylic acids is 1. The maximum absolute atomic E-state index is 11.8. The smallest absolute Gasteiger partial charge is 0.409 e. The minimum Gasteiger partial charge on any atom is -0.478 e. The van der Waals surface area contributed by atoms with Crippen LogP contribution in [-0.2, 0) is 4.74 Å². The first kappa shape index (κ1) is 14.6. The maximum Gasteiger partial charge on any atom is 0.409 e. The summed E-state index contributed by atoms with van der Waals surface area (Å²) in [4.78, 5) is 28.6. The lowest BCUT2D eigenvalue weighted by atomic mass is 10.0. The highest BCUT2D eigenvalue weighted by Gasteiger charge is 2.44. The average molecular weight is 306 g/mol. The van der Waals surface area contributed by atoms with Crippen molar-refractivity contribution in [3.8, 4) is 5.88 Å². The fourth-order valence-electron chi connectivity index (χ4n) is 3.40. The lowest BCUT2D eigenvalue weighted by molar-refractivity contribution is 0.0398. The lowest BCUT2D eigenvalue weighted by Gasteiger charge is -2.37. The van der Waals surface area contributed by atoms with Crippen LogP contribution in [0.2, 0.25) is 0 Å². The molecule has 0 spiro atoms. The summed E-state index contributed by atoms with van der Waals surface area (Å²) in [7, 11) is 1.39. The van der Waals surface area contributed by atoms with Crippen LogP contribution in [-0.4, -0.2) is 52.4 Å². The third-order valence-corrected chi connectivity index (χ3v) is 4.34. The van der Waals surface area contributed by atoms with Gasteiger partial charge in [-0.05, 0) is 18.9 Å². The predicted molar refractivity (Wildman–Crippen MR) is 75.9 cm³/mol. The first-order chi connectivity index (χ1) is 10.6. The second-order valence-corrected chi connectivity index (χ2v) is 5.66. The summed E-state index contributed by atoms with van der Waals surface area (Å²) < 4.78 is 10.7. The van der Waals surface area contributed by atoms with Crippen molar-refractivity contribution in [1.82, 2.24) is 9.88 Å². The number of pyridine rings is 1. The molecule has 1 amide bonds. The molecule has 22 heavy (non-hydrogen) atoms. The summed E-state index contributed by atoms with van der Waals surface area (Å²) in [5.74, 6) is -0.691. The van der Waals surface area contributed by atoms with E-state index in [1.54, 1.807) is 4.90 Å². The number of ether oxygens (including phenoxy) is 2. The van der Waals surface area contributed by atoms with E-state index in [2.05, 4.69) is 4.98 Å².